The smallest absolute Gasteiger partial charge is 0.245 e. The maximum atomic E-state index is 14.3. The van der Waals surface area contributed by atoms with Gasteiger partial charge in [-0.1, -0.05) is 90.8 Å². The van der Waals surface area contributed by atoms with E-state index >= 15 is 0 Å². The second-order valence-corrected chi connectivity index (χ2v) is 11.8. The lowest BCUT2D eigenvalue weighted by Gasteiger charge is -2.46. The monoisotopic (exact) mass is 616 g/mol. The average Bonchev–Trinajstić information content (AvgIpc) is 3.05. The predicted octanol–water partition coefficient (Wildman–Crippen LogP) is 3.38. The summed E-state index contributed by atoms with van der Waals surface area (Å²) in [7, 11) is 0. The minimum absolute atomic E-state index is 0.00253. The van der Waals surface area contributed by atoms with Crippen LogP contribution in [0.15, 0.2) is 89.9 Å². The van der Waals surface area contributed by atoms with Gasteiger partial charge in [-0.25, -0.2) is 0 Å². The minimum Gasteiger partial charge on any atom is -0.370 e. The van der Waals surface area contributed by atoms with Gasteiger partial charge in [0.15, 0.2) is 5.96 Å². The molecule has 0 aliphatic carbocycles. The van der Waals surface area contributed by atoms with Gasteiger partial charge in [0.2, 0.25) is 17.7 Å². The van der Waals surface area contributed by atoms with Gasteiger partial charge in [0.05, 0.1) is 13.0 Å². The molecule has 5 rings (SSSR count). The Morgan fingerprint density at radius 2 is 1.50 bits per heavy atom. The van der Waals surface area contributed by atoms with Crippen LogP contribution in [0.2, 0.25) is 0 Å². The first-order valence-electron chi connectivity index (χ1n) is 15.6. The number of carbonyl (C=O) groups excluding carboxylic acids is 3. The summed E-state index contributed by atoms with van der Waals surface area (Å²) in [5.41, 5.74) is 12.9. The Balaban J connectivity index is 1.38. The van der Waals surface area contributed by atoms with E-state index in [1.54, 1.807) is 9.80 Å². The number of nitrogens with two attached hydrogens (primary N) is 2. The van der Waals surface area contributed by atoms with Crippen LogP contribution in [0, 0.1) is 12.3 Å². The fraction of sp³-hybridized carbons (Fsp3) is 0.297. The Bertz CT molecular complexity index is 1810. The Morgan fingerprint density at radius 1 is 0.891 bits per heavy atom. The van der Waals surface area contributed by atoms with E-state index in [1.165, 1.54) is 6.92 Å². The van der Waals surface area contributed by atoms with Crippen LogP contribution in [-0.2, 0) is 27.2 Å². The highest BCUT2D eigenvalue weighted by atomic mass is 16.2. The zero-order chi connectivity index (χ0) is 32.6. The van der Waals surface area contributed by atoms with Gasteiger partial charge in [0, 0.05) is 32.5 Å². The highest BCUT2D eigenvalue weighted by molar-refractivity contribution is 5.89. The van der Waals surface area contributed by atoms with Gasteiger partial charge in [-0.3, -0.25) is 19.4 Å². The van der Waals surface area contributed by atoms with Crippen molar-refractivity contribution in [3.05, 3.63) is 96.1 Å². The number of nitrogens with one attached hydrogen (secondary N) is 1. The number of rotatable bonds is 10. The molecule has 236 valence electrons. The van der Waals surface area contributed by atoms with Crippen LogP contribution in [0.4, 0.5) is 0 Å². The normalized spacial score (nSPS) is 16.9. The summed E-state index contributed by atoms with van der Waals surface area (Å²) in [6.07, 6.45) is 7.63. The van der Waals surface area contributed by atoms with Gasteiger partial charge in [0.1, 0.15) is 12.1 Å². The topological polar surface area (TPSA) is 134 Å². The quantitative estimate of drug-likeness (QED) is 0.109. The molecular formula is C37H40N6O3. The van der Waals surface area contributed by atoms with Gasteiger partial charge in [-0.2, -0.15) is 0 Å². The summed E-state index contributed by atoms with van der Waals surface area (Å²) in [4.78, 5) is 47.9. The van der Waals surface area contributed by atoms with Crippen molar-refractivity contribution < 1.29 is 14.4 Å². The summed E-state index contributed by atoms with van der Waals surface area (Å²) in [5.74, 6) is 2.11. The number of terminal acetylenes is 1. The van der Waals surface area contributed by atoms with E-state index in [-0.39, 0.29) is 49.2 Å². The number of aliphatic imine (C=N–C) groups is 1. The molecule has 0 aromatic heterocycles. The minimum atomic E-state index is -0.808. The third-order valence-corrected chi connectivity index (χ3v) is 8.48. The maximum absolute atomic E-state index is 14.3. The Labute approximate surface area is 269 Å². The highest BCUT2D eigenvalue weighted by Crippen LogP contribution is 2.24. The molecule has 1 saturated heterocycles. The second-order valence-electron chi connectivity index (χ2n) is 11.8. The van der Waals surface area contributed by atoms with E-state index in [0.717, 1.165) is 32.7 Å². The Kier molecular flexibility index (Phi) is 10.2. The highest BCUT2D eigenvalue weighted by Gasteiger charge is 2.39. The summed E-state index contributed by atoms with van der Waals surface area (Å²) < 4.78 is 0. The molecule has 3 amide bonds. The van der Waals surface area contributed by atoms with Gasteiger partial charge in [0.25, 0.3) is 0 Å². The fourth-order valence-electron chi connectivity index (χ4n) is 6.23. The lowest BCUT2D eigenvalue weighted by molar-refractivity contribution is -0.147. The molecule has 1 fully saturated rings. The first-order valence-corrected chi connectivity index (χ1v) is 15.6. The zero-order valence-corrected chi connectivity index (χ0v) is 26.1. The molecule has 46 heavy (non-hydrogen) atoms. The largest absolute Gasteiger partial charge is 0.370 e. The third-order valence-electron chi connectivity index (χ3n) is 8.48. The van der Waals surface area contributed by atoms with E-state index < -0.39 is 12.1 Å². The van der Waals surface area contributed by atoms with Crippen molar-refractivity contribution in [1.29, 1.82) is 0 Å². The molecule has 0 radical (unpaired) electrons. The number of fused-ring (bicyclic) bond motifs is 2. The van der Waals surface area contributed by atoms with E-state index in [2.05, 4.69) is 16.2 Å². The molecule has 9 nitrogen and oxygen atoms in total. The summed E-state index contributed by atoms with van der Waals surface area (Å²) in [6, 6.07) is 26.3. The van der Waals surface area contributed by atoms with E-state index in [0.29, 0.717) is 25.8 Å². The number of nitrogens with zero attached hydrogens (tertiary/aromatic N) is 3. The lowest BCUT2D eigenvalue weighted by atomic mass is 9.97. The van der Waals surface area contributed by atoms with Crippen LogP contribution in [0.1, 0.15) is 30.9 Å². The van der Waals surface area contributed by atoms with Gasteiger partial charge >= 0.3 is 0 Å². The number of carbonyl (C=O) groups is 3. The zero-order valence-electron chi connectivity index (χ0n) is 26.1. The molecule has 0 bridgehead atoms. The van der Waals surface area contributed by atoms with E-state index in [9.17, 15) is 14.4 Å². The standard InChI is InChI=1S/C37H40N6O3/c1-3-32-23-43(36(46)34(41-25(2)44)21-26-14-16-28-9-4-6-11-30(28)19-26)33(13-8-18-40-37(38)39)24-42(32)35(45)22-27-15-17-29-10-5-7-12-31(29)20-27/h1,4-7,9-12,14-17,19-20,32-34H,8,13,18,21-24H2,2H3,(H,41,44)(H4,38,39,40)/t32-,33+,34-/m1/s1. The average molecular weight is 617 g/mol. The van der Waals surface area contributed by atoms with Crippen LogP contribution in [0.25, 0.3) is 21.5 Å². The molecule has 4 aromatic rings. The third kappa shape index (κ3) is 7.83. The van der Waals surface area contributed by atoms with Crippen LogP contribution in [-0.4, -0.2) is 71.2 Å². The molecule has 0 unspecified atom stereocenters. The molecule has 1 aliphatic rings. The van der Waals surface area contributed by atoms with Crippen molar-refractivity contribution in [2.75, 3.05) is 19.6 Å². The number of hydrogen-bond donors (Lipinski definition) is 3. The molecule has 4 aromatic carbocycles. The summed E-state index contributed by atoms with van der Waals surface area (Å²) in [6.45, 7) is 2.20. The SMILES string of the molecule is C#C[C@@H]1CN(C(=O)[C@@H](Cc2ccc3ccccc3c2)NC(C)=O)[C@@H](CCCN=C(N)N)CN1C(=O)Cc1ccc2ccccc2c1. The first kappa shape index (κ1) is 32.0. The van der Waals surface area contributed by atoms with Gasteiger partial charge in [-0.05, 0) is 45.5 Å². The molecule has 9 heteroatoms. The molecule has 0 saturated carbocycles. The number of guanidine groups is 1. The second kappa shape index (κ2) is 14.6. The van der Waals surface area contributed by atoms with Crippen molar-refractivity contribution in [2.24, 2.45) is 16.5 Å². The van der Waals surface area contributed by atoms with E-state index in [1.807, 2.05) is 84.9 Å². The molecule has 3 atom stereocenters. The van der Waals surface area contributed by atoms with Crippen molar-refractivity contribution in [1.82, 2.24) is 15.1 Å². The van der Waals surface area contributed by atoms with Gasteiger partial charge < -0.3 is 26.6 Å². The van der Waals surface area contributed by atoms with Crippen molar-refractivity contribution in [3.63, 3.8) is 0 Å². The van der Waals surface area contributed by atoms with Crippen LogP contribution >= 0.6 is 0 Å². The molecular weight excluding hydrogens is 576 g/mol. The molecule has 1 aliphatic heterocycles. The number of amides is 3. The molecule has 1 heterocycles. The maximum Gasteiger partial charge on any atom is 0.245 e. The summed E-state index contributed by atoms with van der Waals surface area (Å²) >= 11 is 0. The lowest BCUT2D eigenvalue weighted by Crippen LogP contribution is -2.64. The van der Waals surface area contributed by atoms with Crippen LogP contribution < -0.4 is 16.8 Å². The summed E-state index contributed by atoms with van der Waals surface area (Å²) in [5, 5.41) is 7.18. The number of benzene rings is 4. The van der Waals surface area contributed by atoms with Crippen molar-refractivity contribution in [3.8, 4) is 12.3 Å². The number of piperazine rings is 1. The van der Waals surface area contributed by atoms with E-state index in [4.69, 9.17) is 17.9 Å². The van der Waals surface area contributed by atoms with Crippen LogP contribution in [0.5, 0.6) is 0 Å². The Hall–Kier alpha value is -5.36. The fourth-order valence-corrected chi connectivity index (χ4v) is 6.23. The van der Waals surface area contributed by atoms with Gasteiger partial charge in [-0.15, -0.1) is 6.42 Å². The first-order chi connectivity index (χ1) is 22.2. The number of hydrogen-bond acceptors (Lipinski definition) is 4. The van der Waals surface area contributed by atoms with Crippen molar-refractivity contribution in [2.45, 2.75) is 50.7 Å². The predicted molar refractivity (Wildman–Crippen MR) is 183 cm³/mol. The molecule has 5 N–H and O–H groups in total. The van der Waals surface area contributed by atoms with Crippen LogP contribution in [0.3, 0.4) is 0 Å². The Morgan fingerprint density at radius 3 is 2.11 bits per heavy atom. The van der Waals surface area contributed by atoms with Crippen molar-refractivity contribution >= 4 is 45.2 Å². The molecule has 0 spiro atoms.